The lowest BCUT2D eigenvalue weighted by Gasteiger charge is -2.48. The highest BCUT2D eigenvalue weighted by molar-refractivity contribution is 5.99. The molecule has 0 heterocycles. The van der Waals surface area contributed by atoms with E-state index in [1.54, 1.807) is 0 Å². The molecule has 0 saturated heterocycles. The van der Waals surface area contributed by atoms with E-state index in [1.165, 1.54) is 83.1 Å². The maximum absolute atomic E-state index is 2.57. The molecule has 0 saturated carbocycles. The van der Waals surface area contributed by atoms with Crippen molar-refractivity contribution < 1.29 is 0 Å². The van der Waals surface area contributed by atoms with Crippen LogP contribution in [0.4, 0.5) is 0 Å². The van der Waals surface area contributed by atoms with Crippen molar-refractivity contribution in [1.82, 2.24) is 0 Å². The van der Waals surface area contributed by atoms with Gasteiger partial charge >= 0.3 is 0 Å². The Kier molecular flexibility index (Phi) is 6.72. The second kappa shape index (κ2) is 10.9. The van der Waals surface area contributed by atoms with E-state index in [2.05, 4.69) is 193 Å². The van der Waals surface area contributed by atoms with Crippen molar-refractivity contribution in [1.29, 1.82) is 0 Å². The van der Waals surface area contributed by atoms with Crippen LogP contribution in [0.1, 0.15) is 86.4 Å². The van der Waals surface area contributed by atoms with Gasteiger partial charge in [-0.05, 0) is 100.0 Å². The molecule has 0 nitrogen and oxygen atoms in total. The number of benzene rings is 7. The molecule has 0 radical (unpaired) electrons. The van der Waals surface area contributed by atoms with Crippen LogP contribution in [0.2, 0.25) is 0 Å². The second-order valence-electron chi connectivity index (χ2n) is 16.1. The van der Waals surface area contributed by atoms with E-state index in [1.807, 2.05) is 0 Å². The molecule has 0 spiro atoms. The molecule has 0 aromatic heterocycles. The molecule has 0 fully saturated rings. The van der Waals surface area contributed by atoms with Gasteiger partial charge in [0.15, 0.2) is 0 Å². The SMILES string of the molecule is CC1(C)c2ccccc2-c2c1cc1ccccc1c2C(c1ccc(-c2ccccc2)cc1)c1ccc2c(c1)C(C)(C)C(C)(C)c1ccccc1-2. The molecule has 0 bridgehead atoms. The number of fused-ring (bicyclic) bond motifs is 7. The first-order valence-electron chi connectivity index (χ1n) is 18.1. The van der Waals surface area contributed by atoms with Crippen LogP contribution >= 0.6 is 0 Å². The molecule has 244 valence electrons. The first kappa shape index (κ1) is 30.8. The van der Waals surface area contributed by atoms with Crippen LogP contribution in [0.3, 0.4) is 0 Å². The Morgan fingerprint density at radius 1 is 0.400 bits per heavy atom. The highest BCUT2D eigenvalue weighted by Gasteiger charge is 2.46. The quantitative estimate of drug-likeness (QED) is 0.167. The van der Waals surface area contributed by atoms with Crippen molar-refractivity contribution in [2.45, 2.75) is 63.7 Å². The Labute approximate surface area is 297 Å². The van der Waals surface area contributed by atoms with Crippen molar-refractivity contribution in [2.75, 3.05) is 0 Å². The molecule has 1 unspecified atom stereocenters. The van der Waals surface area contributed by atoms with Crippen LogP contribution in [-0.4, -0.2) is 0 Å². The topological polar surface area (TPSA) is 0 Å². The molecule has 0 aliphatic heterocycles. The maximum Gasteiger partial charge on any atom is 0.0352 e. The lowest BCUT2D eigenvalue weighted by atomic mass is 9.55. The molecule has 7 aromatic rings. The molecular formula is C50H44. The average Bonchev–Trinajstić information content (AvgIpc) is 3.37. The summed E-state index contributed by atoms with van der Waals surface area (Å²) in [5.74, 6) is 0.0306. The predicted molar refractivity (Wildman–Crippen MR) is 212 cm³/mol. The van der Waals surface area contributed by atoms with Crippen LogP contribution in [0, 0.1) is 0 Å². The summed E-state index contributed by atoms with van der Waals surface area (Å²) in [6.07, 6.45) is 0. The standard InChI is InChI=1S/C50H44/c1-48(2)41-22-14-13-21-40(41)46-44(48)30-35-18-10-11-19-37(35)47(46)45(34-26-24-33(25-27-34)32-16-8-7-9-17-32)36-28-29-39-38-20-12-15-23-42(38)49(3,4)50(5,6)43(39)31-36/h7-31,45H,1-6H3. The summed E-state index contributed by atoms with van der Waals surface area (Å²) in [6.45, 7) is 14.6. The number of rotatable bonds is 4. The first-order valence-corrected chi connectivity index (χ1v) is 18.1. The fourth-order valence-electron chi connectivity index (χ4n) is 9.30. The highest BCUT2D eigenvalue weighted by atomic mass is 14.5. The normalized spacial score (nSPS) is 16.6. The molecule has 1 atom stereocenters. The average molecular weight is 645 g/mol. The fraction of sp³-hybridized carbons (Fsp3) is 0.200. The van der Waals surface area contributed by atoms with Crippen LogP contribution in [-0.2, 0) is 16.2 Å². The smallest absolute Gasteiger partial charge is 0.0352 e. The van der Waals surface area contributed by atoms with E-state index in [9.17, 15) is 0 Å². The summed E-state index contributed by atoms with van der Waals surface area (Å²) in [5, 5.41) is 2.64. The first-order chi connectivity index (χ1) is 24.1. The van der Waals surface area contributed by atoms with Crippen molar-refractivity contribution in [2.24, 2.45) is 0 Å². The number of hydrogen-bond donors (Lipinski definition) is 0. The van der Waals surface area contributed by atoms with E-state index in [0.717, 1.165) is 0 Å². The summed E-state index contributed by atoms with van der Waals surface area (Å²) >= 11 is 0. The molecule has 0 amide bonds. The third kappa shape index (κ3) is 4.30. The van der Waals surface area contributed by atoms with E-state index in [-0.39, 0.29) is 22.2 Å². The highest BCUT2D eigenvalue weighted by Crippen LogP contribution is 2.57. The summed E-state index contributed by atoms with van der Waals surface area (Å²) in [5.41, 5.74) is 17.6. The minimum absolute atomic E-state index is 0.0306. The van der Waals surface area contributed by atoms with Crippen molar-refractivity contribution in [3.05, 3.63) is 191 Å². The van der Waals surface area contributed by atoms with Gasteiger partial charge in [0.1, 0.15) is 0 Å². The van der Waals surface area contributed by atoms with Gasteiger partial charge < -0.3 is 0 Å². The summed E-state index contributed by atoms with van der Waals surface area (Å²) in [4.78, 5) is 0. The maximum atomic E-state index is 2.57. The zero-order valence-electron chi connectivity index (χ0n) is 30.0. The Morgan fingerprint density at radius 3 is 1.72 bits per heavy atom. The van der Waals surface area contributed by atoms with Gasteiger partial charge in [-0.3, -0.25) is 0 Å². The Hall–Kier alpha value is -5.20. The Morgan fingerprint density at radius 2 is 0.960 bits per heavy atom. The van der Waals surface area contributed by atoms with Gasteiger partial charge in [0, 0.05) is 11.3 Å². The fourth-order valence-corrected chi connectivity index (χ4v) is 9.30. The molecule has 2 aliphatic carbocycles. The third-order valence-electron chi connectivity index (χ3n) is 12.8. The molecular weight excluding hydrogens is 601 g/mol. The van der Waals surface area contributed by atoms with Crippen LogP contribution in [0.5, 0.6) is 0 Å². The minimum atomic E-state index is -0.0992. The second-order valence-corrected chi connectivity index (χ2v) is 16.1. The summed E-state index contributed by atoms with van der Waals surface area (Å²) in [6, 6.07) is 57.3. The third-order valence-corrected chi connectivity index (χ3v) is 12.8. The molecule has 7 aromatic carbocycles. The summed E-state index contributed by atoms with van der Waals surface area (Å²) < 4.78 is 0. The molecule has 50 heavy (non-hydrogen) atoms. The van der Waals surface area contributed by atoms with Gasteiger partial charge in [0.25, 0.3) is 0 Å². The Bertz CT molecular complexity index is 2440. The van der Waals surface area contributed by atoms with E-state index < -0.39 is 0 Å². The zero-order valence-corrected chi connectivity index (χ0v) is 30.0. The van der Waals surface area contributed by atoms with Crippen LogP contribution < -0.4 is 0 Å². The van der Waals surface area contributed by atoms with Gasteiger partial charge in [-0.15, -0.1) is 0 Å². The van der Waals surface area contributed by atoms with Crippen LogP contribution in [0.25, 0.3) is 44.2 Å². The monoisotopic (exact) mass is 644 g/mol. The van der Waals surface area contributed by atoms with Gasteiger partial charge in [-0.25, -0.2) is 0 Å². The number of hydrogen-bond acceptors (Lipinski definition) is 0. The minimum Gasteiger partial charge on any atom is -0.0622 e. The van der Waals surface area contributed by atoms with Crippen molar-refractivity contribution in [3.63, 3.8) is 0 Å². The molecule has 9 rings (SSSR count). The molecule has 0 N–H and O–H groups in total. The van der Waals surface area contributed by atoms with Gasteiger partial charge in [0.2, 0.25) is 0 Å². The van der Waals surface area contributed by atoms with Gasteiger partial charge in [0.05, 0.1) is 0 Å². The van der Waals surface area contributed by atoms with Crippen molar-refractivity contribution >= 4 is 10.8 Å². The molecule has 0 heteroatoms. The van der Waals surface area contributed by atoms with Crippen LogP contribution in [0.15, 0.2) is 152 Å². The zero-order chi connectivity index (χ0) is 34.4. The van der Waals surface area contributed by atoms with Crippen molar-refractivity contribution in [3.8, 4) is 33.4 Å². The van der Waals surface area contributed by atoms with E-state index in [0.29, 0.717) is 0 Å². The van der Waals surface area contributed by atoms with E-state index in [4.69, 9.17) is 0 Å². The predicted octanol–water partition coefficient (Wildman–Crippen LogP) is 13.2. The van der Waals surface area contributed by atoms with E-state index >= 15 is 0 Å². The van der Waals surface area contributed by atoms with Gasteiger partial charge in [-0.2, -0.15) is 0 Å². The summed E-state index contributed by atoms with van der Waals surface area (Å²) in [7, 11) is 0. The Balaban J connectivity index is 1.36. The lowest BCUT2D eigenvalue weighted by Crippen LogP contribution is -2.43. The lowest BCUT2D eigenvalue weighted by molar-refractivity contribution is 0.299. The molecule has 2 aliphatic rings. The largest absolute Gasteiger partial charge is 0.0622 e. The van der Waals surface area contributed by atoms with Gasteiger partial charge in [-0.1, -0.05) is 187 Å².